The minimum absolute atomic E-state index is 0.671. The maximum atomic E-state index is 5.58. The van der Waals surface area contributed by atoms with E-state index in [0.29, 0.717) is 11.8 Å². The second-order valence-electron chi connectivity index (χ2n) is 2.53. The van der Waals surface area contributed by atoms with Gasteiger partial charge in [0.2, 0.25) is 0 Å². The molecule has 0 heterocycles. The largest absolute Gasteiger partial charge is 0.122 e. The summed E-state index contributed by atoms with van der Waals surface area (Å²) in [4.78, 5) is 0. The van der Waals surface area contributed by atoms with E-state index < -0.39 is 0 Å². The van der Waals surface area contributed by atoms with Gasteiger partial charge in [0.05, 0.1) is 0 Å². The zero-order chi connectivity index (χ0) is 7.28. The minimum atomic E-state index is 0.671. The Hall–Kier alpha value is 0.0300. The van der Waals surface area contributed by atoms with Crippen molar-refractivity contribution in [1.29, 1.82) is 0 Å². The zero-order valence-electron chi connectivity index (χ0n) is 6.45. The normalized spacial score (nSPS) is 15.8. The lowest BCUT2D eigenvalue weighted by molar-refractivity contribution is 0.693. The van der Waals surface area contributed by atoms with E-state index in [4.69, 9.17) is 11.6 Å². The summed E-state index contributed by atoms with van der Waals surface area (Å²) in [7, 11) is 0. The van der Waals surface area contributed by atoms with Crippen molar-refractivity contribution >= 4 is 11.6 Å². The van der Waals surface area contributed by atoms with Crippen LogP contribution in [0.3, 0.4) is 0 Å². The molecule has 0 bridgehead atoms. The molecule has 1 heteroatoms. The lowest BCUT2D eigenvalue weighted by Gasteiger charge is -2.01. The summed E-state index contributed by atoms with van der Waals surface area (Å²) in [6.45, 7) is 6.46. The van der Waals surface area contributed by atoms with Gasteiger partial charge in [-0.2, -0.15) is 0 Å². The number of allylic oxidation sites excluding steroid dienone is 2. The molecule has 1 atom stereocenters. The molecule has 0 aromatic heterocycles. The molecule has 0 saturated carbocycles. The van der Waals surface area contributed by atoms with Crippen LogP contribution in [0.5, 0.6) is 0 Å². The topological polar surface area (TPSA) is 0 Å². The van der Waals surface area contributed by atoms with E-state index in [-0.39, 0.29) is 0 Å². The Morgan fingerprint density at radius 2 is 2.22 bits per heavy atom. The quantitative estimate of drug-likeness (QED) is 0.424. The van der Waals surface area contributed by atoms with Crippen LogP contribution in [0.15, 0.2) is 11.6 Å². The molecule has 54 valence electrons. The summed E-state index contributed by atoms with van der Waals surface area (Å²) < 4.78 is 0. The average molecular weight is 147 g/mol. The lowest BCUT2D eigenvalue weighted by Crippen LogP contribution is -1.88. The van der Waals surface area contributed by atoms with Gasteiger partial charge in [0.15, 0.2) is 0 Å². The molecule has 0 N–H and O–H groups in total. The van der Waals surface area contributed by atoms with E-state index in [9.17, 15) is 0 Å². The molecule has 0 amide bonds. The first-order valence-corrected chi connectivity index (χ1v) is 3.97. The maximum absolute atomic E-state index is 5.58. The van der Waals surface area contributed by atoms with E-state index in [1.165, 1.54) is 12.0 Å². The van der Waals surface area contributed by atoms with E-state index in [1.54, 1.807) is 0 Å². The summed E-state index contributed by atoms with van der Waals surface area (Å²) in [5, 5.41) is 0. The Kier molecular flexibility index (Phi) is 4.88. The van der Waals surface area contributed by atoms with Crippen molar-refractivity contribution in [3.8, 4) is 0 Å². The molecule has 0 aliphatic heterocycles. The van der Waals surface area contributed by atoms with Gasteiger partial charge in [0.25, 0.3) is 0 Å². The Bertz CT molecular complexity index is 94.7. The molecular weight excluding hydrogens is 132 g/mol. The first-order chi connectivity index (χ1) is 4.20. The molecule has 0 aromatic rings. The Morgan fingerprint density at radius 1 is 1.67 bits per heavy atom. The molecule has 0 aliphatic rings. The van der Waals surface area contributed by atoms with E-state index >= 15 is 0 Å². The van der Waals surface area contributed by atoms with Gasteiger partial charge in [-0.05, 0) is 12.8 Å². The smallest absolute Gasteiger partial charge is 0.0430 e. The number of alkyl halides is 1. The minimum Gasteiger partial charge on any atom is -0.122 e. The fourth-order valence-corrected chi connectivity index (χ4v) is 0.737. The van der Waals surface area contributed by atoms with Gasteiger partial charge in [-0.25, -0.2) is 0 Å². The SMILES string of the molecule is CCC(C)C=C(C)CCl. The van der Waals surface area contributed by atoms with Crippen LogP contribution in [-0.2, 0) is 0 Å². The average Bonchev–Trinajstić information content (AvgIpc) is 1.87. The van der Waals surface area contributed by atoms with Gasteiger partial charge >= 0.3 is 0 Å². The van der Waals surface area contributed by atoms with Crippen molar-refractivity contribution in [3.63, 3.8) is 0 Å². The molecule has 0 rings (SSSR count). The van der Waals surface area contributed by atoms with Crippen molar-refractivity contribution in [2.24, 2.45) is 5.92 Å². The summed E-state index contributed by atoms with van der Waals surface area (Å²) in [5.74, 6) is 1.36. The first-order valence-electron chi connectivity index (χ1n) is 3.44. The van der Waals surface area contributed by atoms with Crippen LogP contribution in [0.1, 0.15) is 27.2 Å². The fraction of sp³-hybridized carbons (Fsp3) is 0.750. The van der Waals surface area contributed by atoms with Crippen LogP contribution < -0.4 is 0 Å². The summed E-state index contributed by atoms with van der Waals surface area (Å²) in [6, 6.07) is 0. The highest BCUT2D eigenvalue weighted by Crippen LogP contribution is 2.06. The van der Waals surface area contributed by atoms with Crippen molar-refractivity contribution in [1.82, 2.24) is 0 Å². The molecule has 0 radical (unpaired) electrons. The van der Waals surface area contributed by atoms with E-state index in [2.05, 4.69) is 26.8 Å². The highest BCUT2D eigenvalue weighted by molar-refractivity contribution is 6.19. The fourth-order valence-electron chi connectivity index (χ4n) is 0.648. The molecule has 0 spiro atoms. The molecule has 9 heavy (non-hydrogen) atoms. The van der Waals surface area contributed by atoms with Gasteiger partial charge in [-0.15, -0.1) is 11.6 Å². The van der Waals surface area contributed by atoms with Crippen molar-refractivity contribution in [2.45, 2.75) is 27.2 Å². The Labute approximate surface area is 62.9 Å². The van der Waals surface area contributed by atoms with Crippen LogP contribution in [0.2, 0.25) is 0 Å². The predicted molar refractivity (Wildman–Crippen MR) is 43.9 cm³/mol. The molecule has 0 aliphatic carbocycles. The van der Waals surface area contributed by atoms with Crippen LogP contribution in [0.25, 0.3) is 0 Å². The zero-order valence-corrected chi connectivity index (χ0v) is 7.20. The standard InChI is InChI=1S/C8H15Cl/c1-4-7(2)5-8(3)6-9/h5,7H,4,6H2,1-3H3. The Morgan fingerprint density at radius 3 is 2.56 bits per heavy atom. The third-order valence-electron chi connectivity index (χ3n) is 1.42. The molecule has 0 fully saturated rings. The van der Waals surface area contributed by atoms with Gasteiger partial charge in [0, 0.05) is 5.88 Å². The molecule has 0 saturated heterocycles. The van der Waals surface area contributed by atoms with Crippen molar-refractivity contribution in [2.75, 3.05) is 5.88 Å². The predicted octanol–water partition coefficient (Wildman–Crippen LogP) is 3.22. The third kappa shape index (κ3) is 4.53. The van der Waals surface area contributed by atoms with E-state index in [0.717, 1.165) is 0 Å². The van der Waals surface area contributed by atoms with Crippen molar-refractivity contribution < 1.29 is 0 Å². The van der Waals surface area contributed by atoms with Crippen LogP contribution in [0, 0.1) is 5.92 Å². The monoisotopic (exact) mass is 146 g/mol. The van der Waals surface area contributed by atoms with Gasteiger partial charge < -0.3 is 0 Å². The second-order valence-corrected chi connectivity index (χ2v) is 2.80. The number of hydrogen-bond acceptors (Lipinski definition) is 0. The Balaban J connectivity index is 3.64. The molecule has 0 aromatic carbocycles. The maximum Gasteiger partial charge on any atom is 0.0430 e. The molecule has 1 unspecified atom stereocenters. The summed E-state index contributed by atoms with van der Waals surface area (Å²) in [6.07, 6.45) is 3.43. The van der Waals surface area contributed by atoms with Crippen LogP contribution in [-0.4, -0.2) is 5.88 Å². The first kappa shape index (κ1) is 9.03. The molecular formula is C8H15Cl. The summed E-state index contributed by atoms with van der Waals surface area (Å²) in [5.41, 5.74) is 1.28. The second kappa shape index (κ2) is 4.87. The highest BCUT2D eigenvalue weighted by atomic mass is 35.5. The van der Waals surface area contributed by atoms with Gasteiger partial charge in [-0.1, -0.05) is 31.9 Å². The lowest BCUT2D eigenvalue weighted by atomic mass is 10.1. The van der Waals surface area contributed by atoms with E-state index in [1.807, 2.05) is 0 Å². The van der Waals surface area contributed by atoms with Gasteiger partial charge in [0.1, 0.15) is 0 Å². The molecule has 0 nitrogen and oxygen atoms in total. The number of hydrogen-bond donors (Lipinski definition) is 0. The van der Waals surface area contributed by atoms with Crippen LogP contribution in [0.4, 0.5) is 0 Å². The van der Waals surface area contributed by atoms with Crippen molar-refractivity contribution in [3.05, 3.63) is 11.6 Å². The third-order valence-corrected chi connectivity index (χ3v) is 1.85. The van der Waals surface area contributed by atoms with Crippen LogP contribution >= 0.6 is 11.6 Å². The number of rotatable bonds is 3. The van der Waals surface area contributed by atoms with Gasteiger partial charge in [-0.3, -0.25) is 0 Å². The summed E-state index contributed by atoms with van der Waals surface area (Å²) >= 11 is 5.58. The number of halogens is 1. The highest BCUT2D eigenvalue weighted by Gasteiger charge is 1.92.